The summed E-state index contributed by atoms with van der Waals surface area (Å²) in [5.41, 5.74) is 2.04. The number of benzene rings is 3. The molecule has 3 N–H and O–H groups in total. The molecule has 6 heteroatoms. The van der Waals surface area contributed by atoms with Crippen molar-refractivity contribution in [3.63, 3.8) is 0 Å². The average molecular weight is 432 g/mol. The second kappa shape index (κ2) is 9.94. The third-order valence-electron chi connectivity index (χ3n) is 6.12. The second-order valence-corrected chi connectivity index (χ2v) is 8.31. The number of carbonyl (C=O) groups is 2. The van der Waals surface area contributed by atoms with Crippen LogP contribution >= 0.6 is 0 Å². The van der Waals surface area contributed by atoms with E-state index in [-0.39, 0.29) is 25.0 Å². The van der Waals surface area contributed by atoms with Crippen LogP contribution in [0.3, 0.4) is 0 Å². The van der Waals surface area contributed by atoms with Crippen LogP contribution in [-0.2, 0) is 22.4 Å². The van der Waals surface area contributed by atoms with Gasteiger partial charge in [-0.15, -0.1) is 0 Å². The summed E-state index contributed by atoms with van der Waals surface area (Å²) in [6, 6.07) is 22.5. The summed E-state index contributed by atoms with van der Waals surface area (Å²) in [7, 11) is 1.77. The van der Waals surface area contributed by atoms with Gasteiger partial charge < -0.3 is 20.6 Å². The van der Waals surface area contributed by atoms with Gasteiger partial charge in [-0.05, 0) is 35.4 Å². The number of carbonyl (C=O) groups excluding carboxylic acids is 2. The van der Waals surface area contributed by atoms with E-state index in [2.05, 4.69) is 34.9 Å². The van der Waals surface area contributed by atoms with E-state index >= 15 is 0 Å². The molecule has 0 spiro atoms. The number of hydrogen-bond acceptors (Lipinski definition) is 4. The number of hydrogen-bond donors (Lipinski definition) is 3. The number of nitrogens with one attached hydrogen (secondary N) is 2. The molecule has 1 heterocycles. The van der Waals surface area contributed by atoms with Gasteiger partial charge in [0, 0.05) is 13.0 Å². The van der Waals surface area contributed by atoms with Crippen molar-refractivity contribution in [1.29, 1.82) is 0 Å². The van der Waals surface area contributed by atoms with Gasteiger partial charge in [0.15, 0.2) is 0 Å². The predicted molar refractivity (Wildman–Crippen MR) is 125 cm³/mol. The maximum Gasteiger partial charge on any atom is 0.243 e. The summed E-state index contributed by atoms with van der Waals surface area (Å²) in [5.74, 6) is -0.358. The molecule has 32 heavy (non-hydrogen) atoms. The molecule has 3 aromatic carbocycles. The van der Waals surface area contributed by atoms with Crippen LogP contribution in [0.1, 0.15) is 11.1 Å². The first-order chi connectivity index (χ1) is 15.6. The van der Waals surface area contributed by atoms with E-state index in [4.69, 9.17) is 0 Å². The Bertz CT molecular complexity index is 1090. The van der Waals surface area contributed by atoms with E-state index in [1.165, 1.54) is 0 Å². The van der Waals surface area contributed by atoms with Crippen LogP contribution in [0.25, 0.3) is 10.8 Å². The number of aliphatic hydroxyl groups excluding tert-OH is 1. The first-order valence-corrected chi connectivity index (χ1v) is 11.0. The Morgan fingerprint density at radius 2 is 1.78 bits per heavy atom. The zero-order valence-electron chi connectivity index (χ0n) is 18.2. The molecule has 1 unspecified atom stereocenters. The lowest BCUT2D eigenvalue weighted by atomic mass is 9.97. The van der Waals surface area contributed by atoms with Crippen LogP contribution in [0.15, 0.2) is 72.8 Å². The zero-order valence-corrected chi connectivity index (χ0v) is 18.2. The number of likely N-dealkylation sites (N-methyl/N-ethyl adjacent to an activating group) is 1. The molecule has 4 rings (SSSR count). The summed E-state index contributed by atoms with van der Waals surface area (Å²) in [4.78, 5) is 28.1. The summed E-state index contributed by atoms with van der Waals surface area (Å²) in [5, 5.41) is 17.9. The third-order valence-corrected chi connectivity index (χ3v) is 6.12. The Labute approximate surface area is 188 Å². The lowest BCUT2D eigenvalue weighted by Gasteiger charge is -2.40. The first-order valence-electron chi connectivity index (χ1n) is 11.0. The minimum absolute atomic E-state index is 0.130. The summed E-state index contributed by atoms with van der Waals surface area (Å²) >= 11 is 0. The number of nitrogens with zero attached hydrogens (tertiary/aromatic N) is 1. The van der Waals surface area contributed by atoms with Gasteiger partial charge in [0.25, 0.3) is 0 Å². The van der Waals surface area contributed by atoms with Gasteiger partial charge in [0.2, 0.25) is 11.8 Å². The molecule has 1 aliphatic rings. The maximum atomic E-state index is 13.6. The lowest BCUT2D eigenvalue weighted by Crippen LogP contribution is -2.65. The van der Waals surface area contributed by atoms with Gasteiger partial charge in [0.05, 0.1) is 18.7 Å². The van der Waals surface area contributed by atoms with E-state index in [0.717, 1.165) is 21.9 Å². The van der Waals surface area contributed by atoms with Gasteiger partial charge in [-0.3, -0.25) is 9.59 Å². The van der Waals surface area contributed by atoms with Crippen LogP contribution < -0.4 is 10.6 Å². The van der Waals surface area contributed by atoms with Crippen LogP contribution in [-0.4, -0.2) is 60.1 Å². The number of fused-ring (bicyclic) bond motifs is 1. The molecule has 6 nitrogen and oxygen atoms in total. The van der Waals surface area contributed by atoms with Crippen LogP contribution in [0.4, 0.5) is 0 Å². The molecule has 1 saturated heterocycles. The summed E-state index contributed by atoms with van der Waals surface area (Å²) in [6.45, 7) is 0.0803. The average Bonchev–Trinajstić information content (AvgIpc) is 2.83. The Morgan fingerprint density at radius 1 is 1.06 bits per heavy atom. The molecule has 1 fully saturated rings. The highest BCUT2D eigenvalue weighted by Gasteiger charge is 2.39. The number of aliphatic hydroxyl groups is 1. The molecule has 3 aromatic rings. The van der Waals surface area contributed by atoms with Crippen molar-refractivity contribution in [2.75, 3.05) is 20.2 Å². The van der Waals surface area contributed by atoms with Crippen molar-refractivity contribution in [1.82, 2.24) is 15.5 Å². The zero-order chi connectivity index (χ0) is 22.5. The Balaban J connectivity index is 1.57. The fraction of sp³-hybridized carbons (Fsp3) is 0.308. The second-order valence-electron chi connectivity index (χ2n) is 8.31. The molecule has 3 atom stereocenters. The van der Waals surface area contributed by atoms with E-state index in [1.54, 1.807) is 11.9 Å². The van der Waals surface area contributed by atoms with Crippen molar-refractivity contribution in [2.45, 2.75) is 31.0 Å². The number of amides is 2. The fourth-order valence-electron chi connectivity index (χ4n) is 4.35. The molecule has 166 valence electrons. The minimum atomic E-state index is -0.611. The Kier molecular flexibility index (Phi) is 6.83. The number of piperazine rings is 1. The van der Waals surface area contributed by atoms with Gasteiger partial charge in [0.1, 0.15) is 6.04 Å². The topological polar surface area (TPSA) is 81.7 Å². The lowest BCUT2D eigenvalue weighted by molar-refractivity contribution is -0.146. The highest BCUT2D eigenvalue weighted by molar-refractivity contribution is 5.91. The molecule has 0 aliphatic carbocycles. The van der Waals surface area contributed by atoms with Gasteiger partial charge in [-0.25, -0.2) is 0 Å². The first kappa shape index (κ1) is 22.0. The van der Waals surface area contributed by atoms with E-state index in [9.17, 15) is 14.7 Å². The van der Waals surface area contributed by atoms with Crippen molar-refractivity contribution < 1.29 is 14.7 Å². The Hall–Kier alpha value is -3.22. The SMILES string of the molecule is CN[C@H](Cc1ccc2ccccc2c1)C(=O)N1CC(CO)NC(=O)[C@H]1Cc1ccccc1. The van der Waals surface area contributed by atoms with E-state index in [0.29, 0.717) is 12.8 Å². The van der Waals surface area contributed by atoms with Gasteiger partial charge in [-0.2, -0.15) is 0 Å². The predicted octanol–water partition coefficient (Wildman–Crippen LogP) is 1.90. The number of rotatable bonds is 7. The van der Waals surface area contributed by atoms with Crippen molar-refractivity contribution in [3.8, 4) is 0 Å². The normalized spacial score (nSPS) is 19.6. The molecule has 1 aliphatic heterocycles. The van der Waals surface area contributed by atoms with Crippen molar-refractivity contribution in [3.05, 3.63) is 83.9 Å². The van der Waals surface area contributed by atoms with Gasteiger partial charge in [-0.1, -0.05) is 72.8 Å². The highest BCUT2D eigenvalue weighted by Crippen LogP contribution is 2.20. The smallest absolute Gasteiger partial charge is 0.243 e. The van der Waals surface area contributed by atoms with Gasteiger partial charge >= 0.3 is 0 Å². The molecule has 0 radical (unpaired) electrons. The molecule has 0 saturated carbocycles. The van der Waals surface area contributed by atoms with Crippen LogP contribution in [0, 0.1) is 0 Å². The largest absolute Gasteiger partial charge is 0.394 e. The van der Waals surface area contributed by atoms with Crippen molar-refractivity contribution in [2.24, 2.45) is 0 Å². The van der Waals surface area contributed by atoms with Crippen molar-refractivity contribution >= 4 is 22.6 Å². The molecule has 2 amide bonds. The quantitative estimate of drug-likeness (QED) is 0.534. The minimum Gasteiger partial charge on any atom is -0.394 e. The van der Waals surface area contributed by atoms with Crippen LogP contribution in [0.2, 0.25) is 0 Å². The molecular formula is C26H29N3O3. The third kappa shape index (κ3) is 4.82. The van der Waals surface area contributed by atoms with Crippen LogP contribution in [0.5, 0.6) is 0 Å². The van der Waals surface area contributed by atoms with E-state index in [1.807, 2.05) is 48.5 Å². The maximum absolute atomic E-state index is 13.6. The van der Waals surface area contributed by atoms with E-state index < -0.39 is 18.1 Å². The molecule has 0 aromatic heterocycles. The molecular weight excluding hydrogens is 402 g/mol. The Morgan fingerprint density at radius 3 is 2.50 bits per heavy atom. The summed E-state index contributed by atoms with van der Waals surface area (Å²) < 4.78 is 0. The standard InChI is InChI=1S/C26H29N3O3/c1-27-23(14-19-11-12-20-9-5-6-10-21(20)13-19)26(32)29-16-22(17-30)28-25(31)24(29)15-18-7-3-2-4-8-18/h2-13,22-24,27,30H,14-17H2,1H3,(H,28,31)/t22?,23-,24-/m1/s1. The monoisotopic (exact) mass is 431 g/mol. The summed E-state index contributed by atoms with van der Waals surface area (Å²) in [6.07, 6.45) is 0.948. The molecule has 0 bridgehead atoms. The fourth-order valence-corrected chi connectivity index (χ4v) is 4.35. The highest BCUT2D eigenvalue weighted by atomic mass is 16.3.